The van der Waals surface area contributed by atoms with Crippen molar-refractivity contribution in [1.82, 2.24) is 15.5 Å². The molecule has 2 N–H and O–H groups in total. The van der Waals surface area contributed by atoms with Crippen LogP contribution in [-0.4, -0.2) is 49.6 Å². The van der Waals surface area contributed by atoms with Gasteiger partial charge < -0.3 is 10.6 Å². The third kappa shape index (κ3) is 5.27. The molecule has 22 heavy (non-hydrogen) atoms. The minimum Gasteiger partial charge on any atom is -0.354 e. The second-order valence-corrected chi connectivity index (χ2v) is 5.67. The molecule has 1 heterocycles. The molecule has 5 heteroatoms. The van der Waals surface area contributed by atoms with Gasteiger partial charge in [0.1, 0.15) is 0 Å². The van der Waals surface area contributed by atoms with E-state index < -0.39 is 0 Å². The van der Waals surface area contributed by atoms with Crippen molar-refractivity contribution in [2.75, 3.05) is 32.7 Å². The molecule has 1 fully saturated rings. The van der Waals surface area contributed by atoms with Gasteiger partial charge in [0.15, 0.2) is 0 Å². The normalized spacial score (nSPS) is 15.8. The summed E-state index contributed by atoms with van der Waals surface area (Å²) in [6.07, 6.45) is 0.978. The van der Waals surface area contributed by atoms with Crippen molar-refractivity contribution in [2.45, 2.75) is 26.3 Å². The predicted octanol–water partition coefficient (Wildman–Crippen LogP) is 1.70. The Morgan fingerprint density at radius 1 is 1.27 bits per heavy atom. The summed E-state index contributed by atoms with van der Waals surface area (Å²) >= 11 is 0. The number of hydrogen-bond acceptors (Lipinski definition) is 3. The van der Waals surface area contributed by atoms with Gasteiger partial charge in [-0.05, 0) is 25.1 Å². The van der Waals surface area contributed by atoms with E-state index in [1.165, 1.54) is 5.56 Å². The molecule has 0 aromatic heterocycles. The number of hydrogen-bond donors (Lipinski definition) is 2. The summed E-state index contributed by atoms with van der Waals surface area (Å²) in [4.78, 5) is 14.4. The fourth-order valence-corrected chi connectivity index (χ4v) is 2.79. The fourth-order valence-electron chi connectivity index (χ4n) is 2.79. The molecule has 1 aliphatic rings. The van der Waals surface area contributed by atoms with Crippen LogP contribution in [-0.2, 0) is 11.2 Å². The number of nitrogens with one attached hydrogen (secondary N) is 2. The first kappa shape index (κ1) is 18.9. The highest BCUT2D eigenvalue weighted by molar-refractivity contribution is 5.85. The number of carbonyl (C=O) groups excluding carboxylic acids is 1. The van der Waals surface area contributed by atoms with Crippen molar-refractivity contribution in [3.8, 4) is 0 Å². The second-order valence-electron chi connectivity index (χ2n) is 5.67. The fraction of sp³-hybridized carbons (Fsp3) is 0.588. The molecule has 1 aliphatic heterocycles. The van der Waals surface area contributed by atoms with E-state index in [0.29, 0.717) is 6.04 Å². The highest BCUT2D eigenvalue weighted by Gasteiger charge is 2.26. The van der Waals surface area contributed by atoms with E-state index in [0.717, 1.165) is 39.1 Å². The van der Waals surface area contributed by atoms with Crippen molar-refractivity contribution in [3.05, 3.63) is 35.9 Å². The molecule has 1 atom stereocenters. The number of carbonyl (C=O) groups is 1. The Bertz CT molecular complexity index is 433. The molecular formula is C17H28ClN3O. The smallest absolute Gasteiger partial charge is 0.225 e. The number of rotatable bonds is 8. The molecular weight excluding hydrogens is 298 g/mol. The van der Waals surface area contributed by atoms with Crippen molar-refractivity contribution in [2.24, 2.45) is 5.92 Å². The molecule has 124 valence electrons. The maximum Gasteiger partial charge on any atom is 0.225 e. The van der Waals surface area contributed by atoms with Crippen molar-refractivity contribution >= 4 is 18.3 Å². The van der Waals surface area contributed by atoms with E-state index in [9.17, 15) is 4.79 Å². The largest absolute Gasteiger partial charge is 0.354 e. The molecule has 0 spiro atoms. The lowest BCUT2D eigenvalue weighted by molar-refractivity contribution is -0.126. The first-order valence-electron chi connectivity index (χ1n) is 8.01. The van der Waals surface area contributed by atoms with Crippen LogP contribution < -0.4 is 10.6 Å². The van der Waals surface area contributed by atoms with Gasteiger partial charge in [-0.3, -0.25) is 9.69 Å². The van der Waals surface area contributed by atoms with Crippen molar-refractivity contribution in [1.29, 1.82) is 0 Å². The van der Waals surface area contributed by atoms with E-state index in [-0.39, 0.29) is 24.2 Å². The Morgan fingerprint density at radius 2 is 1.91 bits per heavy atom. The summed E-state index contributed by atoms with van der Waals surface area (Å²) < 4.78 is 0. The standard InChI is InChI=1S/C17H27N3O.ClH/c1-3-20(4-2)16(10-14-8-6-5-7-9-14)13-19-17(21)15-11-18-12-15;/h5-9,15-16,18H,3-4,10-13H2,1-2H3,(H,19,21);1H. The summed E-state index contributed by atoms with van der Waals surface area (Å²) in [5.74, 6) is 0.359. The highest BCUT2D eigenvalue weighted by Crippen LogP contribution is 2.09. The summed E-state index contributed by atoms with van der Waals surface area (Å²) in [7, 11) is 0. The van der Waals surface area contributed by atoms with Crippen molar-refractivity contribution < 1.29 is 4.79 Å². The topological polar surface area (TPSA) is 44.4 Å². The Balaban J connectivity index is 0.00000242. The third-order valence-electron chi connectivity index (χ3n) is 4.31. The molecule has 0 aliphatic carbocycles. The second kappa shape index (κ2) is 9.82. The average Bonchev–Trinajstić information content (AvgIpc) is 2.45. The minimum atomic E-state index is 0. The molecule has 0 saturated carbocycles. The lowest BCUT2D eigenvalue weighted by Crippen LogP contribution is -2.53. The first-order valence-corrected chi connectivity index (χ1v) is 8.01. The molecule has 1 amide bonds. The minimum absolute atomic E-state index is 0. The molecule has 1 unspecified atom stereocenters. The van der Waals surface area contributed by atoms with Gasteiger partial charge in [0.2, 0.25) is 5.91 Å². The maximum absolute atomic E-state index is 12.0. The third-order valence-corrected chi connectivity index (χ3v) is 4.31. The number of amides is 1. The quantitative estimate of drug-likeness (QED) is 0.764. The van der Waals surface area contributed by atoms with E-state index in [2.05, 4.69) is 53.6 Å². The van der Waals surface area contributed by atoms with Gasteiger partial charge in [-0.25, -0.2) is 0 Å². The van der Waals surface area contributed by atoms with Gasteiger partial charge in [0.05, 0.1) is 5.92 Å². The number of halogens is 1. The van der Waals surface area contributed by atoms with Gasteiger partial charge in [0.25, 0.3) is 0 Å². The highest BCUT2D eigenvalue weighted by atomic mass is 35.5. The number of nitrogens with zero attached hydrogens (tertiary/aromatic N) is 1. The van der Waals surface area contributed by atoms with E-state index in [1.54, 1.807) is 0 Å². The number of benzene rings is 1. The van der Waals surface area contributed by atoms with Crippen LogP contribution in [0.3, 0.4) is 0 Å². The molecule has 2 rings (SSSR count). The zero-order valence-electron chi connectivity index (χ0n) is 13.5. The molecule has 4 nitrogen and oxygen atoms in total. The SMILES string of the molecule is CCN(CC)C(CNC(=O)C1CNC1)Cc1ccccc1.Cl. The van der Waals surface area contributed by atoms with Crippen LogP contribution in [0.25, 0.3) is 0 Å². The lowest BCUT2D eigenvalue weighted by atomic mass is 10.0. The Morgan fingerprint density at radius 3 is 2.41 bits per heavy atom. The Kier molecular flexibility index (Phi) is 8.46. The predicted molar refractivity (Wildman–Crippen MR) is 93.5 cm³/mol. The van der Waals surface area contributed by atoms with Crippen LogP contribution in [0.4, 0.5) is 0 Å². The summed E-state index contributed by atoms with van der Waals surface area (Å²) in [6, 6.07) is 10.9. The molecule has 0 radical (unpaired) electrons. The van der Waals surface area contributed by atoms with Gasteiger partial charge >= 0.3 is 0 Å². The van der Waals surface area contributed by atoms with Crippen LogP contribution in [0, 0.1) is 5.92 Å². The molecule has 1 saturated heterocycles. The van der Waals surface area contributed by atoms with Crippen LogP contribution in [0.2, 0.25) is 0 Å². The molecule has 0 bridgehead atoms. The zero-order valence-corrected chi connectivity index (χ0v) is 14.4. The molecule has 1 aromatic carbocycles. The lowest BCUT2D eigenvalue weighted by Gasteiger charge is -2.32. The Hall–Kier alpha value is -1.10. The summed E-state index contributed by atoms with van der Waals surface area (Å²) in [6.45, 7) is 8.74. The summed E-state index contributed by atoms with van der Waals surface area (Å²) in [5, 5.41) is 6.28. The summed E-state index contributed by atoms with van der Waals surface area (Å²) in [5.41, 5.74) is 1.33. The average molecular weight is 326 g/mol. The van der Waals surface area contributed by atoms with Crippen molar-refractivity contribution in [3.63, 3.8) is 0 Å². The molecule has 1 aromatic rings. The maximum atomic E-state index is 12.0. The first-order chi connectivity index (χ1) is 10.2. The monoisotopic (exact) mass is 325 g/mol. The van der Waals surface area contributed by atoms with Gasteiger partial charge in [-0.1, -0.05) is 44.2 Å². The van der Waals surface area contributed by atoms with Gasteiger partial charge in [-0.15, -0.1) is 12.4 Å². The number of likely N-dealkylation sites (N-methyl/N-ethyl adjacent to an activating group) is 1. The van der Waals surface area contributed by atoms with Crippen LogP contribution in [0.1, 0.15) is 19.4 Å². The van der Waals surface area contributed by atoms with Crippen LogP contribution in [0.5, 0.6) is 0 Å². The van der Waals surface area contributed by atoms with E-state index in [4.69, 9.17) is 0 Å². The van der Waals surface area contributed by atoms with Gasteiger partial charge in [0, 0.05) is 25.7 Å². The van der Waals surface area contributed by atoms with E-state index >= 15 is 0 Å². The van der Waals surface area contributed by atoms with Gasteiger partial charge in [-0.2, -0.15) is 0 Å². The van der Waals surface area contributed by atoms with Crippen LogP contribution in [0.15, 0.2) is 30.3 Å². The van der Waals surface area contributed by atoms with E-state index in [1.807, 2.05) is 6.07 Å². The Labute approximate surface area is 140 Å². The zero-order chi connectivity index (χ0) is 15.1. The van der Waals surface area contributed by atoms with Crippen LogP contribution >= 0.6 is 12.4 Å².